The number of carbonyl (C=O) groups is 1. The molecule has 1 saturated heterocycles. The molecule has 1 aliphatic carbocycles. The summed E-state index contributed by atoms with van der Waals surface area (Å²) in [5.41, 5.74) is 1.37. The van der Waals surface area contributed by atoms with Gasteiger partial charge < -0.3 is 10.2 Å². The average molecular weight is 216 g/mol. The van der Waals surface area contributed by atoms with E-state index in [1.165, 1.54) is 5.56 Å². The van der Waals surface area contributed by atoms with Crippen molar-refractivity contribution in [3.63, 3.8) is 0 Å². The Kier molecular flexibility index (Phi) is 2.31. The van der Waals surface area contributed by atoms with E-state index in [4.69, 9.17) is 0 Å². The van der Waals surface area contributed by atoms with Crippen LogP contribution >= 0.6 is 0 Å². The summed E-state index contributed by atoms with van der Waals surface area (Å²) < 4.78 is 0. The standard InChI is InChI=1S/C13H16N2O/c16-13-14-7-4-8-15(13)12-9-11(12)10-5-2-1-3-6-10/h1-3,5-6,11-12H,4,7-9H2,(H,14,16). The van der Waals surface area contributed by atoms with E-state index in [0.29, 0.717) is 12.0 Å². The quantitative estimate of drug-likeness (QED) is 0.805. The number of urea groups is 1. The van der Waals surface area contributed by atoms with Gasteiger partial charge in [0.1, 0.15) is 0 Å². The Morgan fingerprint density at radius 2 is 2.06 bits per heavy atom. The fourth-order valence-electron chi connectivity index (χ4n) is 2.55. The Balaban J connectivity index is 1.69. The van der Waals surface area contributed by atoms with Crippen molar-refractivity contribution in [2.45, 2.75) is 24.8 Å². The molecule has 2 aliphatic rings. The molecule has 84 valence electrons. The SMILES string of the molecule is O=C1NCCCN1C1CC1c1ccccc1. The van der Waals surface area contributed by atoms with Crippen LogP contribution in [-0.2, 0) is 0 Å². The first-order valence-corrected chi connectivity index (χ1v) is 5.95. The number of hydrogen-bond donors (Lipinski definition) is 1. The van der Waals surface area contributed by atoms with E-state index < -0.39 is 0 Å². The maximum atomic E-state index is 11.7. The first-order valence-electron chi connectivity index (χ1n) is 5.95. The molecule has 0 aromatic heterocycles. The molecule has 1 heterocycles. The molecule has 3 nitrogen and oxygen atoms in total. The van der Waals surface area contributed by atoms with Gasteiger partial charge in [0.05, 0.1) is 0 Å². The Hall–Kier alpha value is -1.51. The maximum absolute atomic E-state index is 11.7. The molecule has 1 aliphatic heterocycles. The van der Waals surface area contributed by atoms with Crippen molar-refractivity contribution in [2.75, 3.05) is 13.1 Å². The summed E-state index contributed by atoms with van der Waals surface area (Å²) >= 11 is 0. The molecule has 3 rings (SSSR count). The van der Waals surface area contributed by atoms with Crippen molar-refractivity contribution in [1.82, 2.24) is 10.2 Å². The molecule has 1 aromatic rings. The van der Waals surface area contributed by atoms with Gasteiger partial charge in [0.15, 0.2) is 0 Å². The fourth-order valence-corrected chi connectivity index (χ4v) is 2.55. The Bertz CT molecular complexity index is 390. The zero-order chi connectivity index (χ0) is 11.0. The molecule has 2 fully saturated rings. The second-order valence-corrected chi connectivity index (χ2v) is 4.60. The smallest absolute Gasteiger partial charge is 0.317 e. The first-order chi connectivity index (χ1) is 7.86. The summed E-state index contributed by atoms with van der Waals surface area (Å²) in [5.74, 6) is 0.560. The van der Waals surface area contributed by atoms with E-state index in [1.54, 1.807) is 0 Å². The highest BCUT2D eigenvalue weighted by molar-refractivity contribution is 5.76. The fraction of sp³-hybridized carbons (Fsp3) is 0.462. The molecule has 1 saturated carbocycles. The highest BCUT2D eigenvalue weighted by Crippen LogP contribution is 2.44. The van der Waals surface area contributed by atoms with Gasteiger partial charge in [-0.1, -0.05) is 30.3 Å². The molecule has 1 N–H and O–H groups in total. The summed E-state index contributed by atoms with van der Waals surface area (Å²) in [4.78, 5) is 13.7. The van der Waals surface area contributed by atoms with Crippen LogP contribution in [0.25, 0.3) is 0 Å². The number of rotatable bonds is 2. The lowest BCUT2D eigenvalue weighted by Gasteiger charge is -2.27. The molecule has 0 bridgehead atoms. The monoisotopic (exact) mass is 216 g/mol. The minimum absolute atomic E-state index is 0.120. The molecular weight excluding hydrogens is 200 g/mol. The van der Waals surface area contributed by atoms with Gasteiger partial charge in [-0.3, -0.25) is 0 Å². The molecule has 16 heavy (non-hydrogen) atoms. The molecule has 1 aromatic carbocycles. The number of carbonyl (C=O) groups excluding carboxylic acids is 1. The maximum Gasteiger partial charge on any atom is 0.317 e. The van der Waals surface area contributed by atoms with Crippen LogP contribution in [0, 0.1) is 0 Å². The lowest BCUT2D eigenvalue weighted by molar-refractivity contribution is 0.182. The van der Waals surface area contributed by atoms with Crippen molar-refractivity contribution in [3.8, 4) is 0 Å². The van der Waals surface area contributed by atoms with Gasteiger partial charge in [0.2, 0.25) is 0 Å². The number of nitrogens with one attached hydrogen (secondary N) is 1. The van der Waals surface area contributed by atoms with Gasteiger partial charge >= 0.3 is 6.03 Å². The van der Waals surface area contributed by atoms with Crippen LogP contribution in [0.1, 0.15) is 24.3 Å². The van der Waals surface area contributed by atoms with Gasteiger partial charge in [-0.05, 0) is 18.4 Å². The van der Waals surface area contributed by atoms with E-state index in [9.17, 15) is 4.79 Å². The van der Waals surface area contributed by atoms with E-state index in [0.717, 1.165) is 25.9 Å². The Morgan fingerprint density at radius 3 is 2.81 bits per heavy atom. The molecule has 2 unspecified atom stereocenters. The molecule has 2 atom stereocenters. The van der Waals surface area contributed by atoms with Crippen LogP contribution in [-0.4, -0.2) is 30.1 Å². The summed E-state index contributed by atoms with van der Waals surface area (Å²) in [6.45, 7) is 1.75. The number of hydrogen-bond acceptors (Lipinski definition) is 1. The number of nitrogens with zero attached hydrogens (tertiary/aromatic N) is 1. The second-order valence-electron chi connectivity index (χ2n) is 4.60. The second kappa shape index (κ2) is 3.81. The molecule has 0 spiro atoms. The summed E-state index contributed by atoms with van der Waals surface area (Å²) in [6, 6.07) is 11.0. The van der Waals surface area contributed by atoms with Crippen LogP contribution in [0.3, 0.4) is 0 Å². The Morgan fingerprint density at radius 1 is 1.25 bits per heavy atom. The lowest BCUT2D eigenvalue weighted by Crippen LogP contribution is -2.47. The summed E-state index contributed by atoms with van der Waals surface area (Å²) in [5, 5.41) is 2.91. The average Bonchev–Trinajstić information content (AvgIpc) is 3.11. The number of benzene rings is 1. The van der Waals surface area contributed by atoms with Crippen molar-refractivity contribution in [1.29, 1.82) is 0 Å². The van der Waals surface area contributed by atoms with E-state index in [2.05, 4.69) is 29.6 Å². The van der Waals surface area contributed by atoms with Crippen LogP contribution in [0.15, 0.2) is 30.3 Å². The van der Waals surface area contributed by atoms with Crippen LogP contribution < -0.4 is 5.32 Å². The van der Waals surface area contributed by atoms with Crippen molar-refractivity contribution >= 4 is 6.03 Å². The molecule has 3 heteroatoms. The van der Waals surface area contributed by atoms with Crippen LogP contribution in [0.2, 0.25) is 0 Å². The molecule has 2 amide bonds. The molecular formula is C13H16N2O. The van der Waals surface area contributed by atoms with E-state index >= 15 is 0 Å². The minimum atomic E-state index is 0.120. The van der Waals surface area contributed by atoms with E-state index in [-0.39, 0.29) is 6.03 Å². The Labute approximate surface area is 95.4 Å². The first kappa shape index (κ1) is 9.70. The van der Waals surface area contributed by atoms with Crippen molar-refractivity contribution in [2.24, 2.45) is 0 Å². The zero-order valence-electron chi connectivity index (χ0n) is 9.23. The zero-order valence-corrected chi connectivity index (χ0v) is 9.23. The predicted octanol–water partition coefficient (Wildman–Crippen LogP) is 1.96. The third kappa shape index (κ3) is 1.66. The van der Waals surface area contributed by atoms with Crippen LogP contribution in [0.4, 0.5) is 4.79 Å². The third-order valence-corrected chi connectivity index (χ3v) is 3.50. The van der Waals surface area contributed by atoms with E-state index in [1.807, 2.05) is 11.0 Å². The minimum Gasteiger partial charge on any atom is -0.338 e. The normalized spacial score (nSPS) is 28.8. The molecule has 0 radical (unpaired) electrons. The van der Waals surface area contributed by atoms with Crippen LogP contribution in [0.5, 0.6) is 0 Å². The predicted molar refractivity (Wildman–Crippen MR) is 62.3 cm³/mol. The van der Waals surface area contributed by atoms with Gasteiger partial charge in [-0.15, -0.1) is 0 Å². The summed E-state index contributed by atoms with van der Waals surface area (Å²) in [7, 11) is 0. The topological polar surface area (TPSA) is 32.3 Å². The van der Waals surface area contributed by atoms with Crippen molar-refractivity contribution in [3.05, 3.63) is 35.9 Å². The lowest BCUT2D eigenvalue weighted by atomic mass is 10.1. The van der Waals surface area contributed by atoms with Gasteiger partial charge in [0, 0.05) is 25.0 Å². The van der Waals surface area contributed by atoms with Gasteiger partial charge in [-0.25, -0.2) is 4.79 Å². The van der Waals surface area contributed by atoms with Gasteiger partial charge in [0.25, 0.3) is 0 Å². The number of amides is 2. The van der Waals surface area contributed by atoms with Crippen molar-refractivity contribution < 1.29 is 4.79 Å². The summed E-state index contributed by atoms with van der Waals surface area (Å²) in [6.07, 6.45) is 2.20. The largest absolute Gasteiger partial charge is 0.338 e. The highest BCUT2D eigenvalue weighted by Gasteiger charge is 2.45. The van der Waals surface area contributed by atoms with Gasteiger partial charge in [-0.2, -0.15) is 0 Å². The third-order valence-electron chi connectivity index (χ3n) is 3.50. The highest BCUT2D eigenvalue weighted by atomic mass is 16.2.